The Balaban J connectivity index is 2.24. The second-order valence-corrected chi connectivity index (χ2v) is 4.76. The number of amides is 1. The summed E-state index contributed by atoms with van der Waals surface area (Å²) in [6, 6.07) is 6.01. The van der Waals surface area contributed by atoms with Gasteiger partial charge in [-0.3, -0.25) is 4.79 Å². The number of carbonyl (C=O) groups excluding carboxylic acids is 1. The van der Waals surface area contributed by atoms with Gasteiger partial charge in [-0.25, -0.2) is 0 Å². The van der Waals surface area contributed by atoms with E-state index in [1.165, 1.54) is 0 Å². The largest absolute Gasteiger partial charge is 0.380 e. The lowest BCUT2D eigenvalue weighted by molar-refractivity contribution is 0.100. The van der Waals surface area contributed by atoms with Gasteiger partial charge in [0.15, 0.2) is 0 Å². The Morgan fingerprint density at radius 2 is 2.18 bits per heavy atom. The average molecular weight is 233 g/mol. The van der Waals surface area contributed by atoms with Crippen LogP contribution in [-0.2, 0) is 0 Å². The minimum Gasteiger partial charge on any atom is -0.380 e. The third-order valence-electron chi connectivity index (χ3n) is 3.35. The molecular weight excluding hydrogens is 214 g/mol. The van der Waals surface area contributed by atoms with E-state index in [4.69, 9.17) is 11.5 Å². The first-order valence-electron chi connectivity index (χ1n) is 6.00. The molecule has 4 nitrogen and oxygen atoms in total. The number of anilines is 1. The predicted molar refractivity (Wildman–Crippen MR) is 68.9 cm³/mol. The lowest BCUT2D eigenvalue weighted by atomic mass is 10.1. The van der Waals surface area contributed by atoms with E-state index in [9.17, 15) is 4.79 Å². The molecule has 2 rings (SSSR count). The highest BCUT2D eigenvalue weighted by molar-refractivity contribution is 5.98. The van der Waals surface area contributed by atoms with Crippen molar-refractivity contribution in [1.29, 1.82) is 0 Å². The molecule has 4 heteroatoms. The van der Waals surface area contributed by atoms with Gasteiger partial charge in [0.2, 0.25) is 0 Å². The molecular formula is C13H19N3O. The smallest absolute Gasteiger partial charge is 0.250 e. The predicted octanol–water partition coefficient (Wildman–Crippen LogP) is 1.39. The lowest BCUT2D eigenvalue weighted by Gasteiger charge is -2.20. The summed E-state index contributed by atoms with van der Waals surface area (Å²) in [6.45, 7) is 1.99. The van der Waals surface area contributed by atoms with Crippen molar-refractivity contribution in [3.8, 4) is 0 Å². The Morgan fingerprint density at radius 3 is 2.76 bits per heavy atom. The number of carbonyl (C=O) groups is 1. The second-order valence-electron chi connectivity index (χ2n) is 4.76. The lowest BCUT2D eigenvalue weighted by Crippen LogP contribution is -2.35. The molecule has 0 aromatic heterocycles. The molecule has 0 bridgehead atoms. The summed E-state index contributed by atoms with van der Waals surface area (Å²) in [4.78, 5) is 11.3. The normalized spacial score (nSPS) is 23.6. The number of primary amides is 1. The van der Waals surface area contributed by atoms with Crippen molar-refractivity contribution in [2.45, 2.75) is 38.3 Å². The van der Waals surface area contributed by atoms with Crippen LogP contribution < -0.4 is 16.8 Å². The van der Waals surface area contributed by atoms with Gasteiger partial charge < -0.3 is 16.8 Å². The third kappa shape index (κ3) is 2.58. The SMILES string of the molecule is Cc1ccc(C(N)=O)c(NC2CCCC2N)c1. The van der Waals surface area contributed by atoms with Crippen LogP contribution in [0.1, 0.15) is 35.2 Å². The van der Waals surface area contributed by atoms with Gasteiger partial charge in [0.25, 0.3) is 5.91 Å². The van der Waals surface area contributed by atoms with Gasteiger partial charge in [-0.15, -0.1) is 0 Å². The van der Waals surface area contributed by atoms with Gasteiger partial charge in [0.05, 0.1) is 5.56 Å². The fraction of sp³-hybridized carbons (Fsp3) is 0.462. The molecule has 0 radical (unpaired) electrons. The standard InChI is InChI=1S/C13H19N3O/c1-8-5-6-9(13(15)17)12(7-8)16-11-4-2-3-10(11)14/h5-7,10-11,16H,2-4,14H2,1H3,(H2,15,17). The third-order valence-corrected chi connectivity index (χ3v) is 3.35. The van der Waals surface area contributed by atoms with Crippen molar-refractivity contribution in [3.63, 3.8) is 0 Å². The van der Waals surface area contributed by atoms with Gasteiger partial charge in [-0.2, -0.15) is 0 Å². The molecule has 92 valence electrons. The van der Waals surface area contributed by atoms with Crippen LogP contribution in [0.25, 0.3) is 0 Å². The molecule has 5 N–H and O–H groups in total. The van der Waals surface area contributed by atoms with E-state index < -0.39 is 5.91 Å². The van der Waals surface area contributed by atoms with E-state index in [0.29, 0.717) is 5.56 Å². The first-order chi connectivity index (χ1) is 8.08. The number of rotatable bonds is 3. The molecule has 17 heavy (non-hydrogen) atoms. The van der Waals surface area contributed by atoms with Gasteiger partial charge in [0, 0.05) is 17.8 Å². The van der Waals surface area contributed by atoms with E-state index in [2.05, 4.69) is 5.32 Å². The minimum absolute atomic E-state index is 0.163. The quantitative estimate of drug-likeness (QED) is 0.738. The molecule has 1 saturated carbocycles. The van der Waals surface area contributed by atoms with Crippen LogP contribution in [-0.4, -0.2) is 18.0 Å². The molecule has 1 amide bonds. The molecule has 1 aromatic carbocycles. The Morgan fingerprint density at radius 1 is 1.41 bits per heavy atom. The molecule has 0 spiro atoms. The number of hydrogen-bond donors (Lipinski definition) is 3. The second kappa shape index (κ2) is 4.75. The molecule has 2 unspecified atom stereocenters. The van der Waals surface area contributed by atoms with Crippen molar-refractivity contribution in [3.05, 3.63) is 29.3 Å². The van der Waals surface area contributed by atoms with Gasteiger partial charge in [0.1, 0.15) is 0 Å². The Kier molecular flexibility index (Phi) is 3.33. The van der Waals surface area contributed by atoms with Gasteiger partial charge in [-0.05, 0) is 43.9 Å². The van der Waals surface area contributed by atoms with E-state index in [1.54, 1.807) is 6.07 Å². The van der Waals surface area contributed by atoms with Crippen LogP contribution in [0.5, 0.6) is 0 Å². The number of aryl methyl sites for hydroxylation is 1. The maximum atomic E-state index is 11.3. The van der Waals surface area contributed by atoms with Crippen LogP contribution in [0, 0.1) is 6.92 Å². The highest BCUT2D eigenvalue weighted by Gasteiger charge is 2.24. The minimum atomic E-state index is -0.404. The fourth-order valence-corrected chi connectivity index (χ4v) is 2.36. The monoisotopic (exact) mass is 233 g/mol. The van der Waals surface area contributed by atoms with E-state index in [-0.39, 0.29) is 12.1 Å². The van der Waals surface area contributed by atoms with Crippen molar-refractivity contribution in [2.24, 2.45) is 11.5 Å². The maximum Gasteiger partial charge on any atom is 0.250 e. The van der Waals surface area contributed by atoms with E-state index >= 15 is 0 Å². The number of benzene rings is 1. The number of nitrogens with one attached hydrogen (secondary N) is 1. The summed E-state index contributed by atoms with van der Waals surface area (Å²) in [5, 5.41) is 3.36. The molecule has 0 aliphatic heterocycles. The first kappa shape index (κ1) is 11.9. The Hall–Kier alpha value is -1.55. The van der Waals surface area contributed by atoms with Crippen LogP contribution in [0.15, 0.2) is 18.2 Å². The van der Waals surface area contributed by atoms with Gasteiger partial charge in [-0.1, -0.05) is 6.07 Å². The first-order valence-corrected chi connectivity index (χ1v) is 6.00. The van der Waals surface area contributed by atoms with Crippen molar-refractivity contribution >= 4 is 11.6 Å². The van der Waals surface area contributed by atoms with E-state index in [0.717, 1.165) is 30.5 Å². The van der Waals surface area contributed by atoms with Crippen LogP contribution in [0.3, 0.4) is 0 Å². The summed E-state index contributed by atoms with van der Waals surface area (Å²) in [7, 11) is 0. The zero-order chi connectivity index (χ0) is 12.4. The maximum absolute atomic E-state index is 11.3. The molecule has 1 aromatic rings. The van der Waals surface area contributed by atoms with Crippen molar-refractivity contribution in [1.82, 2.24) is 0 Å². The fourth-order valence-electron chi connectivity index (χ4n) is 2.36. The highest BCUT2D eigenvalue weighted by atomic mass is 16.1. The van der Waals surface area contributed by atoms with E-state index in [1.807, 2.05) is 19.1 Å². The zero-order valence-electron chi connectivity index (χ0n) is 10.1. The van der Waals surface area contributed by atoms with Crippen LogP contribution in [0.2, 0.25) is 0 Å². The summed E-state index contributed by atoms with van der Waals surface area (Å²) in [5.41, 5.74) is 13.8. The van der Waals surface area contributed by atoms with Crippen LogP contribution in [0.4, 0.5) is 5.69 Å². The van der Waals surface area contributed by atoms with Crippen molar-refractivity contribution < 1.29 is 4.79 Å². The Bertz CT molecular complexity index is 431. The summed E-state index contributed by atoms with van der Waals surface area (Å²) in [5.74, 6) is -0.404. The summed E-state index contributed by atoms with van der Waals surface area (Å²) < 4.78 is 0. The molecule has 1 aliphatic rings. The molecule has 1 fully saturated rings. The van der Waals surface area contributed by atoms with Crippen molar-refractivity contribution in [2.75, 3.05) is 5.32 Å². The molecule has 0 saturated heterocycles. The van der Waals surface area contributed by atoms with Gasteiger partial charge >= 0.3 is 0 Å². The Labute approximate surface area is 101 Å². The molecule has 1 aliphatic carbocycles. The molecule has 2 atom stereocenters. The van der Waals surface area contributed by atoms with Crippen LogP contribution >= 0.6 is 0 Å². The highest BCUT2D eigenvalue weighted by Crippen LogP contribution is 2.24. The number of hydrogen-bond acceptors (Lipinski definition) is 3. The zero-order valence-corrected chi connectivity index (χ0v) is 10.1. The summed E-state index contributed by atoms with van der Waals surface area (Å²) in [6.07, 6.45) is 3.22. The topological polar surface area (TPSA) is 81.1 Å². The number of nitrogens with two attached hydrogens (primary N) is 2. The molecule has 0 heterocycles. The average Bonchev–Trinajstić information content (AvgIpc) is 2.64. The summed E-state index contributed by atoms with van der Waals surface area (Å²) >= 11 is 0.